The van der Waals surface area contributed by atoms with Gasteiger partial charge in [-0.05, 0) is 46.7 Å². The van der Waals surface area contributed by atoms with Crippen molar-refractivity contribution >= 4 is 28.6 Å². The molecule has 0 bridgehead atoms. The number of carboxylic acid groups (broad SMARTS) is 1. The number of benzene rings is 1. The van der Waals surface area contributed by atoms with Gasteiger partial charge in [0.05, 0.1) is 11.1 Å². The summed E-state index contributed by atoms with van der Waals surface area (Å²) in [5, 5.41) is 8.79. The van der Waals surface area contributed by atoms with Crippen molar-refractivity contribution in [2.45, 2.75) is 19.5 Å². The fourth-order valence-electron chi connectivity index (χ4n) is 1.40. The van der Waals surface area contributed by atoms with Crippen LogP contribution in [0.4, 0.5) is 13.2 Å². The zero-order valence-corrected chi connectivity index (χ0v) is 10.4. The van der Waals surface area contributed by atoms with Crippen molar-refractivity contribution in [2.24, 2.45) is 0 Å². The van der Waals surface area contributed by atoms with Crippen molar-refractivity contribution in [3.8, 4) is 0 Å². The third kappa shape index (κ3) is 2.47. The van der Waals surface area contributed by atoms with Gasteiger partial charge < -0.3 is 5.11 Å². The Hall–Kier alpha value is -0.790. The molecule has 0 saturated heterocycles. The number of hydrogen-bond donors (Lipinski definition) is 1. The molecular weight excluding hydrogens is 336 g/mol. The molecule has 0 fully saturated rings. The first-order chi connectivity index (χ1) is 7.29. The molecule has 2 nitrogen and oxygen atoms in total. The first kappa shape index (κ1) is 13.3. The zero-order valence-electron chi connectivity index (χ0n) is 8.23. The predicted molar refractivity (Wildman–Crippen MR) is 60.5 cm³/mol. The van der Waals surface area contributed by atoms with Crippen LogP contribution in [-0.4, -0.2) is 11.1 Å². The second-order valence-corrected chi connectivity index (χ2v) is 4.19. The second-order valence-electron chi connectivity index (χ2n) is 3.11. The van der Waals surface area contributed by atoms with Crippen molar-refractivity contribution in [3.05, 3.63) is 32.4 Å². The molecule has 0 amide bonds. The van der Waals surface area contributed by atoms with Crippen LogP contribution >= 0.6 is 22.6 Å². The monoisotopic (exact) mass is 344 g/mol. The van der Waals surface area contributed by atoms with E-state index in [4.69, 9.17) is 5.11 Å². The van der Waals surface area contributed by atoms with E-state index in [2.05, 4.69) is 0 Å². The van der Waals surface area contributed by atoms with Crippen LogP contribution in [0.2, 0.25) is 0 Å². The highest BCUT2D eigenvalue weighted by Gasteiger charge is 2.34. The zero-order chi connectivity index (χ0) is 12.5. The summed E-state index contributed by atoms with van der Waals surface area (Å²) in [4.78, 5) is 10.8. The van der Waals surface area contributed by atoms with E-state index in [1.165, 1.54) is 0 Å². The van der Waals surface area contributed by atoms with Crippen molar-refractivity contribution in [3.63, 3.8) is 0 Å². The van der Waals surface area contributed by atoms with E-state index in [1.54, 1.807) is 29.5 Å². The number of aromatic carboxylic acids is 1. The molecule has 1 N–H and O–H groups in total. The predicted octanol–water partition coefficient (Wildman–Crippen LogP) is 3.57. The molecule has 0 saturated carbocycles. The molecule has 0 aliphatic heterocycles. The van der Waals surface area contributed by atoms with Crippen LogP contribution in [0.3, 0.4) is 0 Å². The highest BCUT2D eigenvalue weighted by molar-refractivity contribution is 14.1. The van der Waals surface area contributed by atoms with E-state index in [9.17, 15) is 18.0 Å². The summed E-state index contributed by atoms with van der Waals surface area (Å²) < 4.78 is 37.9. The van der Waals surface area contributed by atoms with Gasteiger partial charge in [-0.15, -0.1) is 0 Å². The smallest absolute Gasteiger partial charge is 0.416 e. The molecule has 0 heterocycles. The molecule has 0 aliphatic rings. The van der Waals surface area contributed by atoms with Crippen molar-refractivity contribution in [1.82, 2.24) is 0 Å². The highest BCUT2D eigenvalue weighted by atomic mass is 127. The molecule has 0 aliphatic carbocycles. The molecule has 1 aromatic carbocycles. The average molecular weight is 344 g/mol. The summed E-state index contributed by atoms with van der Waals surface area (Å²) >= 11 is 1.64. The largest absolute Gasteiger partial charge is 0.478 e. The van der Waals surface area contributed by atoms with Crippen LogP contribution in [0.25, 0.3) is 0 Å². The van der Waals surface area contributed by atoms with Crippen molar-refractivity contribution in [1.29, 1.82) is 0 Å². The summed E-state index contributed by atoms with van der Waals surface area (Å²) in [5.41, 5.74) is -0.817. The summed E-state index contributed by atoms with van der Waals surface area (Å²) in [6, 6.07) is 1.82. The molecule has 88 valence electrons. The fourth-order valence-corrected chi connectivity index (χ4v) is 2.48. The molecule has 1 aromatic rings. The van der Waals surface area contributed by atoms with Gasteiger partial charge in [0.25, 0.3) is 0 Å². The molecule has 0 radical (unpaired) electrons. The van der Waals surface area contributed by atoms with E-state index in [0.717, 1.165) is 12.1 Å². The van der Waals surface area contributed by atoms with Gasteiger partial charge in [-0.1, -0.05) is 6.92 Å². The Bertz CT molecular complexity index is 427. The van der Waals surface area contributed by atoms with Gasteiger partial charge in [-0.3, -0.25) is 0 Å². The number of alkyl halides is 3. The Kier molecular flexibility index (Phi) is 3.82. The quantitative estimate of drug-likeness (QED) is 0.833. The van der Waals surface area contributed by atoms with E-state index in [1.807, 2.05) is 0 Å². The van der Waals surface area contributed by atoms with Gasteiger partial charge >= 0.3 is 12.1 Å². The van der Waals surface area contributed by atoms with Crippen molar-refractivity contribution in [2.75, 3.05) is 0 Å². The number of halogens is 4. The van der Waals surface area contributed by atoms with Crippen LogP contribution in [-0.2, 0) is 12.6 Å². The third-order valence-corrected chi connectivity index (χ3v) is 3.36. The summed E-state index contributed by atoms with van der Waals surface area (Å²) in [6.45, 7) is 1.57. The maximum atomic E-state index is 12.6. The fraction of sp³-hybridized carbons (Fsp3) is 0.300. The molecule has 1 rings (SSSR count). The molecule has 6 heteroatoms. The first-order valence-corrected chi connectivity index (χ1v) is 5.48. The minimum atomic E-state index is -4.44. The molecule has 0 spiro atoms. The van der Waals surface area contributed by atoms with E-state index < -0.39 is 17.7 Å². The van der Waals surface area contributed by atoms with Crippen LogP contribution < -0.4 is 0 Å². The van der Waals surface area contributed by atoms with Gasteiger partial charge in [-0.2, -0.15) is 13.2 Å². The summed E-state index contributed by atoms with van der Waals surface area (Å²) in [5.74, 6) is -1.21. The minimum absolute atomic E-state index is 0.0352. The Morgan fingerprint density at radius 2 is 2.00 bits per heavy atom. The number of carbonyl (C=O) groups is 1. The number of carboxylic acids is 1. The summed E-state index contributed by atoms with van der Waals surface area (Å²) in [6.07, 6.45) is -4.30. The topological polar surface area (TPSA) is 37.3 Å². The lowest BCUT2D eigenvalue weighted by Gasteiger charge is -2.14. The molecular formula is C10H8F3IO2. The number of rotatable bonds is 2. The van der Waals surface area contributed by atoms with Gasteiger partial charge in [0, 0.05) is 3.57 Å². The second kappa shape index (κ2) is 4.60. The SMILES string of the molecule is CCc1c(C(F)(F)F)ccc(C(=O)O)c1I. The van der Waals surface area contributed by atoms with Crippen LogP contribution in [0.1, 0.15) is 28.4 Å². The normalized spacial score (nSPS) is 11.6. The van der Waals surface area contributed by atoms with E-state index in [-0.39, 0.29) is 21.1 Å². The highest BCUT2D eigenvalue weighted by Crippen LogP contribution is 2.35. The Balaban J connectivity index is 3.47. The average Bonchev–Trinajstić information content (AvgIpc) is 2.15. The van der Waals surface area contributed by atoms with Gasteiger partial charge in [0.2, 0.25) is 0 Å². The maximum absolute atomic E-state index is 12.6. The lowest BCUT2D eigenvalue weighted by molar-refractivity contribution is -0.138. The third-order valence-electron chi connectivity index (χ3n) is 2.13. The Morgan fingerprint density at radius 1 is 1.44 bits per heavy atom. The summed E-state index contributed by atoms with van der Waals surface area (Å²) in [7, 11) is 0. The first-order valence-electron chi connectivity index (χ1n) is 4.41. The maximum Gasteiger partial charge on any atom is 0.416 e. The Morgan fingerprint density at radius 3 is 2.38 bits per heavy atom. The van der Waals surface area contributed by atoms with Crippen LogP contribution in [0.15, 0.2) is 12.1 Å². The van der Waals surface area contributed by atoms with Crippen molar-refractivity contribution < 1.29 is 23.1 Å². The molecule has 16 heavy (non-hydrogen) atoms. The minimum Gasteiger partial charge on any atom is -0.478 e. The van der Waals surface area contributed by atoms with Gasteiger partial charge in [0.15, 0.2) is 0 Å². The lowest BCUT2D eigenvalue weighted by Crippen LogP contribution is -2.13. The van der Waals surface area contributed by atoms with E-state index >= 15 is 0 Å². The molecule has 0 unspecified atom stereocenters. The molecule has 0 atom stereocenters. The number of hydrogen-bond acceptors (Lipinski definition) is 1. The van der Waals surface area contributed by atoms with Crippen LogP contribution in [0, 0.1) is 3.57 Å². The van der Waals surface area contributed by atoms with E-state index in [0.29, 0.717) is 0 Å². The van der Waals surface area contributed by atoms with Gasteiger partial charge in [-0.25, -0.2) is 4.79 Å². The Labute approximate surface area is 104 Å². The lowest BCUT2D eigenvalue weighted by atomic mass is 10.0. The molecule has 0 aromatic heterocycles. The standard InChI is InChI=1S/C10H8F3IO2/c1-2-5-7(10(11,12)13)4-3-6(8(5)14)9(15)16/h3-4H,2H2,1H3,(H,15,16). The van der Waals surface area contributed by atoms with Crippen LogP contribution in [0.5, 0.6) is 0 Å². The van der Waals surface area contributed by atoms with Gasteiger partial charge in [0.1, 0.15) is 0 Å².